The molecule has 5 nitrogen and oxygen atoms in total. The van der Waals surface area contributed by atoms with E-state index in [1.54, 1.807) is 24.3 Å². The predicted octanol–water partition coefficient (Wildman–Crippen LogP) is 6.01. The highest BCUT2D eigenvalue weighted by Crippen LogP contribution is 2.40. The Balaban J connectivity index is 2.31. The number of aromatic nitrogens is 2. The van der Waals surface area contributed by atoms with Gasteiger partial charge in [-0.25, -0.2) is 4.98 Å². The minimum atomic E-state index is -4.59. The maximum Gasteiger partial charge on any atom is 0.421 e. The molecule has 8 heteroatoms. The molecular formula is C21H28F3N3O2. The fourth-order valence-electron chi connectivity index (χ4n) is 2.76. The number of benzene rings is 1. The van der Waals surface area contributed by atoms with E-state index in [1.807, 2.05) is 6.92 Å². The molecule has 0 fully saturated rings. The van der Waals surface area contributed by atoms with Gasteiger partial charge in [-0.2, -0.15) is 18.2 Å². The zero-order valence-corrected chi connectivity index (χ0v) is 17.1. The smallest absolute Gasteiger partial charge is 0.421 e. The van der Waals surface area contributed by atoms with Crippen LogP contribution in [0.25, 0.3) is 0 Å². The Kier molecular flexibility index (Phi) is 8.54. The first-order valence-electron chi connectivity index (χ1n) is 9.91. The van der Waals surface area contributed by atoms with Crippen molar-refractivity contribution >= 4 is 11.5 Å². The van der Waals surface area contributed by atoms with E-state index in [1.165, 1.54) is 11.9 Å². The summed E-state index contributed by atoms with van der Waals surface area (Å²) < 4.78 is 51.8. The lowest BCUT2D eigenvalue weighted by Crippen LogP contribution is -2.20. The van der Waals surface area contributed by atoms with Crippen molar-refractivity contribution in [2.24, 2.45) is 0 Å². The second-order valence-electron chi connectivity index (χ2n) is 6.67. The third kappa shape index (κ3) is 6.51. The van der Waals surface area contributed by atoms with Gasteiger partial charge < -0.3 is 14.4 Å². The summed E-state index contributed by atoms with van der Waals surface area (Å²) in [5.74, 6) is 0.231. The number of unbranched alkanes of at least 4 members (excludes halogenated alkanes) is 3. The van der Waals surface area contributed by atoms with Crippen molar-refractivity contribution in [1.29, 1.82) is 0 Å². The minimum Gasteiger partial charge on any atom is -0.491 e. The van der Waals surface area contributed by atoms with Gasteiger partial charge >= 0.3 is 12.2 Å². The molecule has 0 aliphatic heterocycles. The zero-order chi connectivity index (χ0) is 21.3. The van der Waals surface area contributed by atoms with Gasteiger partial charge in [0, 0.05) is 13.2 Å². The Hall–Kier alpha value is -2.51. The predicted molar refractivity (Wildman–Crippen MR) is 107 cm³/mol. The van der Waals surface area contributed by atoms with Crippen molar-refractivity contribution in [3.63, 3.8) is 0 Å². The second-order valence-corrected chi connectivity index (χ2v) is 6.67. The average Bonchev–Trinajstić information content (AvgIpc) is 2.71. The second kappa shape index (κ2) is 10.9. The molecule has 160 valence electrons. The van der Waals surface area contributed by atoms with Gasteiger partial charge in [0.15, 0.2) is 5.82 Å². The summed E-state index contributed by atoms with van der Waals surface area (Å²) in [6.45, 7) is 4.85. The molecule has 0 aliphatic rings. The van der Waals surface area contributed by atoms with E-state index >= 15 is 0 Å². The average molecular weight is 411 g/mol. The molecule has 29 heavy (non-hydrogen) atoms. The van der Waals surface area contributed by atoms with Gasteiger partial charge in [0.1, 0.15) is 11.3 Å². The van der Waals surface area contributed by atoms with Gasteiger partial charge in [0.05, 0.1) is 18.9 Å². The highest BCUT2D eigenvalue weighted by molar-refractivity contribution is 5.68. The number of hydrogen-bond acceptors (Lipinski definition) is 5. The van der Waals surface area contributed by atoms with Crippen LogP contribution in [0.5, 0.6) is 11.8 Å². The molecule has 1 aromatic heterocycles. The lowest BCUT2D eigenvalue weighted by molar-refractivity contribution is -0.137. The number of alkyl halides is 3. The van der Waals surface area contributed by atoms with E-state index in [0.29, 0.717) is 31.1 Å². The van der Waals surface area contributed by atoms with Crippen molar-refractivity contribution in [1.82, 2.24) is 9.97 Å². The van der Waals surface area contributed by atoms with Crippen LogP contribution in [0.15, 0.2) is 30.5 Å². The standard InChI is InChI=1S/C21H28F3N3O2/c1-4-6-7-10-14-28-18-12-9-8-11-17(18)27(3)19-16(21(22,23)24)15-25-20(26-19)29-13-5-2/h8-9,11-12,15H,4-7,10,13-14H2,1-3H3. The Bertz CT molecular complexity index is 769. The van der Waals surface area contributed by atoms with E-state index in [-0.39, 0.29) is 11.8 Å². The van der Waals surface area contributed by atoms with Crippen LogP contribution in [0, 0.1) is 0 Å². The summed E-state index contributed by atoms with van der Waals surface area (Å²) in [7, 11) is 1.53. The SMILES string of the molecule is CCCCCCOc1ccccc1N(C)c1nc(OCCC)ncc1C(F)(F)F. The van der Waals surface area contributed by atoms with Crippen LogP contribution in [0.4, 0.5) is 24.7 Å². The molecule has 0 amide bonds. The summed E-state index contributed by atoms with van der Waals surface area (Å²) in [5.41, 5.74) is -0.435. The van der Waals surface area contributed by atoms with Gasteiger partial charge in [-0.3, -0.25) is 0 Å². The first-order chi connectivity index (χ1) is 13.9. The van der Waals surface area contributed by atoms with Gasteiger partial charge in [0.25, 0.3) is 0 Å². The van der Waals surface area contributed by atoms with Crippen molar-refractivity contribution in [2.75, 3.05) is 25.2 Å². The molecule has 2 aromatic rings. The first kappa shape index (κ1) is 22.8. The lowest BCUT2D eigenvalue weighted by atomic mass is 10.2. The van der Waals surface area contributed by atoms with Crippen LogP contribution >= 0.6 is 0 Å². The zero-order valence-electron chi connectivity index (χ0n) is 17.1. The van der Waals surface area contributed by atoms with Crippen LogP contribution in [-0.2, 0) is 6.18 Å². The fourth-order valence-corrected chi connectivity index (χ4v) is 2.76. The number of nitrogens with zero attached hydrogens (tertiary/aromatic N) is 3. The van der Waals surface area contributed by atoms with Crippen LogP contribution < -0.4 is 14.4 Å². The topological polar surface area (TPSA) is 47.5 Å². The molecule has 0 radical (unpaired) electrons. The molecule has 0 unspecified atom stereocenters. The molecule has 1 aromatic carbocycles. The minimum absolute atomic E-state index is 0.0836. The quantitative estimate of drug-likeness (QED) is 0.424. The molecule has 2 rings (SSSR count). The highest BCUT2D eigenvalue weighted by atomic mass is 19.4. The van der Waals surface area contributed by atoms with Crippen molar-refractivity contribution < 1.29 is 22.6 Å². The Labute approximate surface area is 169 Å². The Morgan fingerprint density at radius 1 is 0.966 bits per heavy atom. The maximum atomic E-state index is 13.6. The van der Waals surface area contributed by atoms with Crippen LogP contribution in [0.1, 0.15) is 51.5 Å². The molecule has 1 heterocycles. The van der Waals surface area contributed by atoms with Gasteiger partial charge in [-0.05, 0) is 25.0 Å². The summed E-state index contributed by atoms with van der Waals surface area (Å²) >= 11 is 0. The van der Waals surface area contributed by atoms with Gasteiger partial charge in [0.2, 0.25) is 0 Å². The molecule has 0 bridgehead atoms. The van der Waals surface area contributed by atoms with Gasteiger partial charge in [-0.1, -0.05) is 45.2 Å². The van der Waals surface area contributed by atoms with E-state index in [2.05, 4.69) is 16.9 Å². The highest BCUT2D eigenvalue weighted by Gasteiger charge is 2.37. The van der Waals surface area contributed by atoms with E-state index < -0.39 is 11.7 Å². The molecule has 0 spiro atoms. The van der Waals surface area contributed by atoms with Crippen LogP contribution in [0.3, 0.4) is 0 Å². The fraction of sp³-hybridized carbons (Fsp3) is 0.524. The molecular weight excluding hydrogens is 383 g/mol. The number of ether oxygens (including phenoxy) is 2. The Morgan fingerprint density at radius 3 is 2.41 bits per heavy atom. The molecule has 0 saturated heterocycles. The van der Waals surface area contributed by atoms with Gasteiger partial charge in [-0.15, -0.1) is 0 Å². The number of rotatable bonds is 11. The number of halogens is 3. The molecule has 0 N–H and O–H groups in total. The van der Waals surface area contributed by atoms with Crippen molar-refractivity contribution in [3.05, 3.63) is 36.0 Å². The third-order valence-corrected chi connectivity index (χ3v) is 4.29. The summed E-state index contributed by atoms with van der Waals surface area (Å²) in [6, 6.07) is 6.91. The largest absolute Gasteiger partial charge is 0.491 e. The number of para-hydroxylation sites is 2. The summed E-state index contributed by atoms with van der Waals surface area (Å²) in [5, 5.41) is 0. The lowest BCUT2D eigenvalue weighted by Gasteiger charge is -2.24. The van der Waals surface area contributed by atoms with Crippen LogP contribution in [0.2, 0.25) is 0 Å². The summed E-state index contributed by atoms with van der Waals surface area (Å²) in [6.07, 6.45) is 1.06. The van der Waals surface area contributed by atoms with Crippen LogP contribution in [-0.4, -0.2) is 30.2 Å². The maximum absolute atomic E-state index is 13.6. The van der Waals surface area contributed by atoms with E-state index in [0.717, 1.165) is 31.9 Å². The van der Waals surface area contributed by atoms with Crippen molar-refractivity contribution in [2.45, 2.75) is 52.1 Å². The molecule has 0 atom stereocenters. The monoisotopic (exact) mass is 411 g/mol. The molecule has 0 aliphatic carbocycles. The summed E-state index contributed by atoms with van der Waals surface area (Å²) in [4.78, 5) is 9.11. The molecule has 0 saturated carbocycles. The van der Waals surface area contributed by atoms with Crippen molar-refractivity contribution in [3.8, 4) is 11.8 Å². The normalized spacial score (nSPS) is 11.4. The number of hydrogen-bond donors (Lipinski definition) is 0. The number of anilines is 2. The van der Waals surface area contributed by atoms with E-state index in [9.17, 15) is 13.2 Å². The third-order valence-electron chi connectivity index (χ3n) is 4.29. The Morgan fingerprint density at radius 2 is 1.72 bits per heavy atom. The van der Waals surface area contributed by atoms with E-state index in [4.69, 9.17) is 9.47 Å². The first-order valence-corrected chi connectivity index (χ1v) is 9.91.